The van der Waals surface area contributed by atoms with E-state index in [4.69, 9.17) is 10.2 Å². The van der Waals surface area contributed by atoms with E-state index in [-0.39, 0.29) is 12.6 Å². The molecule has 1 aliphatic rings. The number of rotatable bonds is 6. The van der Waals surface area contributed by atoms with Gasteiger partial charge in [0.25, 0.3) is 0 Å². The second-order valence-corrected chi connectivity index (χ2v) is 4.85. The molecular formula is C12H23N3O4. The predicted molar refractivity (Wildman–Crippen MR) is 69.9 cm³/mol. The molecule has 19 heavy (non-hydrogen) atoms. The molecule has 0 aromatic rings. The highest BCUT2D eigenvalue weighted by Gasteiger charge is 2.25. The number of likely N-dealkylation sites (N-methyl/N-ethyl adjacent to an activating group) is 2. The standard InChI is InChI=1S/C12H23N3O4/c1-3-15-6-4-5-9(15)8-14(2)12(19)13-7-10(16)11(17)18/h9-10,16H,3-8H2,1-2H3,(H,13,19)(H,17,18)/t9?,10-/m0/s1. The Labute approximate surface area is 113 Å². The van der Waals surface area contributed by atoms with Gasteiger partial charge < -0.3 is 20.4 Å². The Hall–Kier alpha value is -1.34. The number of carboxylic acids is 1. The average Bonchev–Trinajstić information content (AvgIpc) is 2.82. The lowest BCUT2D eigenvalue weighted by Gasteiger charge is -2.28. The van der Waals surface area contributed by atoms with E-state index in [0.717, 1.165) is 25.9 Å². The van der Waals surface area contributed by atoms with Gasteiger partial charge in [-0.25, -0.2) is 9.59 Å². The van der Waals surface area contributed by atoms with Crippen molar-refractivity contribution < 1.29 is 19.8 Å². The highest BCUT2D eigenvalue weighted by atomic mass is 16.4. The van der Waals surface area contributed by atoms with Gasteiger partial charge in [0.05, 0.1) is 6.54 Å². The Morgan fingerprint density at radius 2 is 2.21 bits per heavy atom. The number of urea groups is 1. The summed E-state index contributed by atoms with van der Waals surface area (Å²) in [6.45, 7) is 4.47. The van der Waals surface area contributed by atoms with Crippen LogP contribution in [0.5, 0.6) is 0 Å². The summed E-state index contributed by atoms with van der Waals surface area (Å²) in [5, 5.41) is 20.0. The van der Waals surface area contributed by atoms with E-state index in [1.54, 1.807) is 7.05 Å². The lowest BCUT2D eigenvalue weighted by Crippen LogP contribution is -2.47. The number of carbonyl (C=O) groups is 2. The Morgan fingerprint density at radius 3 is 2.79 bits per heavy atom. The molecule has 3 N–H and O–H groups in total. The summed E-state index contributed by atoms with van der Waals surface area (Å²) in [7, 11) is 1.68. The largest absolute Gasteiger partial charge is 0.479 e. The number of hydrogen-bond acceptors (Lipinski definition) is 4. The van der Waals surface area contributed by atoms with Crippen LogP contribution >= 0.6 is 0 Å². The number of carboxylic acid groups (broad SMARTS) is 1. The van der Waals surface area contributed by atoms with Crippen molar-refractivity contribution in [3.05, 3.63) is 0 Å². The quantitative estimate of drug-likeness (QED) is 0.610. The van der Waals surface area contributed by atoms with E-state index in [0.29, 0.717) is 12.6 Å². The Morgan fingerprint density at radius 1 is 1.53 bits per heavy atom. The zero-order chi connectivity index (χ0) is 14.4. The fourth-order valence-electron chi connectivity index (χ4n) is 2.32. The van der Waals surface area contributed by atoms with Crippen molar-refractivity contribution in [3.8, 4) is 0 Å². The summed E-state index contributed by atoms with van der Waals surface area (Å²) in [6.07, 6.45) is 0.658. The van der Waals surface area contributed by atoms with E-state index in [2.05, 4.69) is 17.1 Å². The number of hydrogen-bond donors (Lipinski definition) is 3. The number of nitrogens with one attached hydrogen (secondary N) is 1. The fraction of sp³-hybridized carbons (Fsp3) is 0.833. The first kappa shape index (κ1) is 15.7. The average molecular weight is 273 g/mol. The van der Waals surface area contributed by atoms with Crippen LogP contribution in [0.25, 0.3) is 0 Å². The molecule has 1 rings (SSSR count). The Bertz CT molecular complexity index is 324. The number of carbonyl (C=O) groups excluding carboxylic acids is 1. The molecule has 1 aliphatic heterocycles. The minimum atomic E-state index is -1.56. The van der Waals surface area contributed by atoms with Crippen LogP contribution in [0.2, 0.25) is 0 Å². The van der Waals surface area contributed by atoms with E-state index in [1.807, 2.05) is 0 Å². The van der Waals surface area contributed by atoms with Gasteiger partial charge in [-0.1, -0.05) is 6.92 Å². The van der Waals surface area contributed by atoms with Crippen LogP contribution in [-0.2, 0) is 4.79 Å². The van der Waals surface area contributed by atoms with Crippen molar-refractivity contribution in [3.63, 3.8) is 0 Å². The van der Waals surface area contributed by atoms with Gasteiger partial charge in [0.1, 0.15) is 0 Å². The lowest BCUT2D eigenvalue weighted by molar-refractivity contribution is -0.146. The third-order valence-corrected chi connectivity index (χ3v) is 3.47. The molecule has 1 saturated heterocycles. The maximum absolute atomic E-state index is 11.7. The van der Waals surface area contributed by atoms with Gasteiger partial charge in [-0.15, -0.1) is 0 Å². The maximum Gasteiger partial charge on any atom is 0.334 e. The number of amides is 2. The number of aliphatic carboxylic acids is 1. The van der Waals surface area contributed by atoms with Gasteiger partial charge in [0.2, 0.25) is 0 Å². The summed E-state index contributed by atoms with van der Waals surface area (Å²) in [4.78, 5) is 26.0. The topological polar surface area (TPSA) is 93.1 Å². The SMILES string of the molecule is CCN1CCCC1CN(C)C(=O)NC[C@H](O)C(=O)O. The first-order chi connectivity index (χ1) is 8.95. The van der Waals surface area contributed by atoms with Crippen LogP contribution < -0.4 is 5.32 Å². The monoisotopic (exact) mass is 273 g/mol. The molecule has 7 nitrogen and oxygen atoms in total. The zero-order valence-corrected chi connectivity index (χ0v) is 11.5. The minimum Gasteiger partial charge on any atom is -0.479 e. The first-order valence-corrected chi connectivity index (χ1v) is 6.59. The molecule has 0 bridgehead atoms. The minimum absolute atomic E-state index is 0.277. The molecule has 7 heteroatoms. The number of likely N-dealkylation sites (tertiary alicyclic amines) is 1. The molecule has 2 amide bonds. The zero-order valence-electron chi connectivity index (χ0n) is 11.5. The van der Waals surface area contributed by atoms with Crippen LogP contribution in [-0.4, -0.2) is 77.4 Å². The van der Waals surface area contributed by atoms with Crippen LogP contribution in [0.1, 0.15) is 19.8 Å². The molecule has 0 radical (unpaired) electrons. The predicted octanol–water partition coefficient (Wildman–Crippen LogP) is -0.442. The molecule has 1 unspecified atom stereocenters. The normalized spacial score (nSPS) is 21.1. The molecule has 1 heterocycles. The van der Waals surface area contributed by atoms with E-state index in [9.17, 15) is 9.59 Å². The van der Waals surface area contributed by atoms with E-state index < -0.39 is 12.1 Å². The van der Waals surface area contributed by atoms with Gasteiger partial charge in [0.15, 0.2) is 6.10 Å². The smallest absolute Gasteiger partial charge is 0.334 e. The lowest BCUT2D eigenvalue weighted by atomic mass is 10.2. The molecule has 0 aromatic heterocycles. The second kappa shape index (κ2) is 7.30. The summed E-state index contributed by atoms with van der Waals surface area (Å²) < 4.78 is 0. The summed E-state index contributed by atoms with van der Waals surface area (Å²) >= 11 is 0. The third kappa shape index (κ3) is 4.68. The van der Waals surface area contributed by atoms with Gasteiger partial charge in [-0.05, 0) is 25.9 Å². The molecule has 1 fully saturated rings. The molecule has 0 spiro atoms. The molecule has 110 valence electrons. The number of aliphatic hydroxyl groups is 1. The Kier molecular flexibility index (Phi) is 6.04. The van der Waals surface area contributed by atoms with Crippen molar-refractivity contribution in [1.82, 2.24) is 15.1 Å². The highest BCUT2D eigenvalue weighted by molar-refractivity contribution is 5.76. The summed E-state index contributed by atoms with van der Waals surface area (Å²) in [5.41, 5.74) is 0. The van der Waals surface area contributed by atoms with Crippen molar-refractivity contribution in [2.45, 2.75) is 31.9 Å². The van der Waals surface area contributed by atoms with Gasteiger partial charge in [-0.3, -0.25) is 4.90 Å². The summed E-state index contributed by atoms with van der Waals surface area (Å²) in [6, 6.07) is 0.00778. The fourth-order valence-corrected chi connectivity index (χ4v) is 2.32. The molecular weight excluding hydrogens is 250 g/mol. The molecule has 0 saturated carbocycles. The van der Waals surface area contributed by atoms with Crippen molar-refractivity contribution in [2.24, 2.45) is 0 Å². The van der Waals surface area contributed by atoms with Crippen molar-refractivity contribution >= 4 is 12.0 Å². The van der Waals surface area contributed by atoms with Crippen LogP contribution in [0.4, 0.5) is 4.79 Å². The number of nitrogens with zero attached hydrogens (tertiary/aromatic N) is 2. The third-order valence-electron chi connectivity index (χ3n) is 3.47. The molecule has 0 aromatic carbocycles. The van der Waals surface area contributed by atoms with Crippen molar-refractivity contribution in [2.75, 3.05) is 33.2 Å². The van der Waals surface area contributed by atoms with Gasteiger partial charge in [-0.2, -0.15) is 0 Å². The van der Waals surface area contributed by atoms with Crippen LogP contribution in [0, 0.1) is 0 Å². The van der Waals surface area contributed by atoms with Crippen molar-refractivity contribution in [1.29, 1.82) is 0 Å². The highest BCUT2D eigenvalue weighted by Crippen LogP contribution is 2.17. The van der Waals surface area contributed by atoms with Gasteiger partial charge >= 0.3 is 12.0 Å². The van der Waals surface area contributed by atoms with Gasteiger partial charge in [0, 0.05) is 19.6 Å². The van der Waals surface area contributed by atoms with Crippen LogP contribution in [0.3, 0.4) is 0 Å². The van der Waals surface area contributed by atoms with E-state index in [1.165, 1.54) is 4.90 Å². The number of aliphatic hydroxyl groups excluding tert-OH is 1. The van der Waals surface area contributed by atoms with E-state index >= 15 is 0 Å². The second-order valence-electron chi connectivity index (χ2n) is 4.85. The maximum atomic E-state index is 11.7. The van der Waals surface area contributed by atoms with Crippen LogP contribution in [0.15, 0.2) is 0 Å². The summed E-state index contributed by atoms with van der Waals surface area (Å²) in [5.74, 6) is -1.34. The molecule has 2 atom stereocenters. The molecule has 0 aliphatic carbocycles. The first-order valence-electron chi connectivity index (χ1n) is 6.59. The Balaban J connectivity index is 2.34.